The van der Waals surface area contributed by atoms with E-state index in [4.69, 9.17) is 85.3 Å². The van der Waals surface area contributed by atoms with Crippen LogP contribution >= 0.6 is 0 Å². The Morgan fingerprint density at radius 3 is 0.919 bits per heavy atom. The molecule has 48 heteroatoms. The Morgan fingerprint density at radius 2 is 0.554 bits per heavy atom. The highest BCUT2D eigenvalue weighted by Crippen LogP contribution is 2.43. The fourth-order valence-corrected chi connectivity index (χ4v) is 20.4. The van der Waals surface area contributed by atoms with Crippen LogP contribution < -0.4 is 16.0 Å². The van der Waals surface area contributed by atoms with Gasteiger partial charge in [0.2, 0.25) is 17.7 Å². The van der Waals surface area contributed by atoms with Crippen molar-refractivity contribution in [3.63, 3.8) is 0 Å². The zero-order valence-electron chi connectivity index (χ0n) is 86.6. The molecule has 9 rings (SSSR count). The molecule has 47 atom stereocenters. The molecule has 48 nitrogen and oxygen atoms in total. The van der Waals surface area contributed by atoms with Crippen LogP contribution in [0.5, 0.6) is 0 Å². The smallest absolute Gasteiger partial charge is 0.220 e. The van der Waals surface area contributed by atoms with E-state index in [2.05, 4.69) is 29.8 Å². The van der Waals surface area contributed by atoms with Crippen LogP contribution in [0.4, 0.5) is 0 Å². The molecular formula is C100H179N3O45. The molecule has 9 fully saturated rings. The van der Waals surface area contributed by atoms with E-state index in [-0.39, 0.29) is 12.3 Å². The van der Waals surface area contributed by atoms with Gasteiger partial charge < -0.3 is 224 Å². The summed E-state index contributed by atoms with van der Waals surface area (Å²) in [5.74, 6) is -2.37. The summed E-state index contributed by atoms with van der Waals surface area (Å²) in [5.41, 5.74) is 0. The van der Waals surface area contributed by atoms with Crippen molar-refractivity contribution in [1.29, 1.82) is 0 Å². The third-order valence-electron chi connectivity index (χ3n) is 29.5. The second kappa shape index (κ2) is 65.7. The molecule has 0 spiro atoms. The largest absolute Gasteiger partial charge is 0.394 e. The Labute approximate surface area is 865 Å². The Morgan fingerprint density at radius 1 is 0.277 bits per heavy atom. The van der Waals surface area contributed by atoms with Crippen molar-refractivity contribution in [3.8, 4) is 0 Å². The summed E-state index contributed by atoms with van der Waals surface area (Å²) < 4.78 is 111. The van der Waals surface area contributed by atoms with Crippen LogP contribution in [-0.4, -0.2) is 475 Å². The molecule has 0 aromatic carbocycles. The fourth-order valence-electron chi connectivity index (χ4n) is 20.4. The zero-order valence-corrected chi connectivity index (χ0v) is 86.6. The van der Waals surface area contributed by atoms with E-state index in [1.54, 1.807) is 6.08 Å². The van der Waals surface area contributed by atoms with Crippen LogP contribution in [0.15, 0.2) is 12.2 Å². The highest BCUT2D eigenvalue weighted by molar-refractivity contribution is 5.76. The van der Waals surface area contributed by atoms with Crippen molar-refractivity contribution >= 4 is 17.7 Å². The van der Waals surface area contributed by atoms with Gasteiger partial charge >= 0.3 is 0 Å². The number of aliphatic hydroxyl groups excluding tert-OH is 24. The number of nitrogens with one attached hydrogen (secondary N) is 3. The van der Waals surface area contributed by atoms with Gasteiger partial charge in [-0.05, 0) is 40.0 Å². The molecule has 0 radical (unpaired) electrons. The molecule has 0 saturated carbocycles. The maximum atomic E-state index is 13.8. The van der Waals surface area contributed by atoms with Gasteiger partial charge in [-0.15, -0.1) is 0 Å². The predicted octanol–water partition coefficient (Wildman–Crippen LogP) is -3.53. The number of amides is 3. The van der Waals surface area contributed by atoms with Gasteiger partial charge in [0, 0.05) is 20.3 Å². The molecule has 9 heterocycles. The van der Waals surface area contributed by atoms with Crippen molar-refractivity contribution in [2.24, 2.45) is 0 Å². The quantitative estimate of drug-likeness (QED) is 0.0207. The topological polar surface area (TPSA) is 739 Å². The first-order chi connectivity index (χ1) is 70.9. The number of aliphatic hydroxyl groups is 24. The number of allylic oxidation sites excluding steroid dienone is 1. The first kappa shape index (κ1) is 128. The third-order valence-corrected chi connectivity index (χ3v) is 29.5. The van der Waals surface area contributed by atoms with E-state index in [1.165, 1.54) is 162 Å². The molecule has 27 N–H and O–H groups in total. The SMILES string of the molecule is CCCCCCCCCCCCC/C=C/[C@@H](O)[C@H](CO[C@@H]1OC(CO)[C@@H](O[C@@H]2OC(CO)[C@H](O)[C@H](O[C@@H]3OC(CO)[C@@H](O[C@@H]4OC(CO)[C@H](O)[C@H](O[C@@H]5OC(CO)[C@@H](O[C@@H]6OC(CO)[C@H](O)[C@H](O)C6O[C@H]6OC(C)[C@@H](O)C(O)[C@@H]6O)[C@H](O[C@H]6OC(C)[C@@H](O)C(O)[C@@H]6O)C5NC(C)=O)C4O)[C@H](O[C@H]4OC(C)[C@@H](O)C(O)[C@@H]4O)C3NC(C)=O)C2O)[C@H](O)C1O)NC(=O)CCCCCCCCCCCCCCCCCCCCCCC. The molecule has 148 heavy (non-hydrogen) atoms. The van der Waals surface area contributed by atoms with Gasteiger partial charge in [-0.1, -0.05) is 219 Å². The summed E-state index contributed by atoms with van der Waals surface area (Å²) in [5, 5.41) is 282. The average Bonchev–Trinajstić information content (AvgIpc) is 0.755. The number of ether oxygens (including phenoxy) is 18. The number of unbranched alkanes of at least 4 members (excludes halogenated alkanes) is 31. The van der Waals surface area contributed by atoms with E-state index in [1.807, 2.05) is 6.08 Å². The van der Waals surface area contributed by atoms with Crippen LogP contribution in [0.1, 0.15) is 267 Å². The highest BCUT2D eigenvalue weighted by Gasteiger charge is 2.63. The molecule has 864 valence electrons. The van der Waals surface area contributed by atoms with E-state index in [0.717, 1.165) is 71.6 Å². The molecule has 9 saturated heterocycles. The normalized spacial score (nSPS) is 40.5. The molecule has 0 bridgehead atoms. The van der Waals surface area contributed by atoms with E-state index in [9.17, 15) is 137 Å². The van der Waals surface area contributed by atoms with Gasteiger partial charge in [0.25, 0.3) is 0 Å². The van der Waals surface area contributed by atoms with Gasteiger partial charge in [0.05, 0.1) is 76.7 Å². The molecule has 18 unspecified atom stereocenters. The van der Waals surface area contributed by atoms with E-state index >= 15 is 0 Å². The molecule has 9 aliphatic rings. The Kier molecular flexibility index (Phi) is 56.8. The number of hydrogen-bond donors (Lipinski definition) is 27. The monoisotopic (exact) mass is 2140 g/mol. The van der Waals surface area contributed by atoms with Crippen LogP contribution in [-0.2, 0) is 99.6 Å². The standard InChI is InChI=1S/C100H179N3O45/c1-8-10-12-14-16-18-20-22-23-24-25-26-27-28-29-31-33-35-37-39-41-43-64(113)103-56(57(112)42-40-38-36-34-32-30-21-19-17-15-13-11-9-2)50-131-94-81(128)77(124)84(61(47-107)140-94)141-98-82(129)89(71(118)59(45-105)135-98)146-92-65(101-54(6)110)87(144-95-78(125)73(120)67(114)51(3)132-95)85(62(48-108)138-92)142-99-83(130)90(72(119)60(46-106)136-99)147-93-66(102-55(7)111)88(145-96-79(126)74(121)68(115)52(4)133-96)86(63(49-109)139-93)143-100-91(76(123)70(117)58(44-104)137-100)148-97-80(127)75(122)69(116)53(5)134-97/h40,42,51-53,56-63,65-100,104-109,112,114-130H,8-39,41,43-50H2,1-7H3,(H,101,110)(H,102,111)(H,103,113)/b42-40+/t51?,52?,53?,56-,57+,58?,59?,60?,61?,62?,63?,65?,66?,67+,68+,69+,70-,71-,72-,73?,74?,75?,76-,77+,78-,79-,80-,81?,82?,83?,84+,85+,86+,87+,88+,89-,90-,91?,92-,93-,94+,95+,96+,97+,98-,99-,100-/m0/s1. The first-order valence-corrected chi connectivity index (χ1v) is 54.1. The molecule has 9 aliphatic heterocycles. The number of hydrogen-bond acceptors (Lipinski definition) is 45. The van der Waals surface area contributed by atoms with Crippen molar-refractivity contribution < 1.29 is 222 Å². The number of carbonyl (C=O) groups is 3. The second-order valence-corrected chi connectivity index (χ2v) is 41.2. The maximum absolute atomic E-state index is 13.8. The van der Waals surface area contributed by atoms with Crippen LogP contribution in [0, 0.1) is 0 Å². The van der Waals surface area contributed by atoms with Gasteiger partial charge in [-0.2, -0.15) is 0 Å². The molecular weight excluding hydrogens is 1960 g/mol. The Hall–Kier alpha value is -3.53. The Bertz CT molecular complexity index is 3670. The minimum atomic E-state index is -2.51. The summed E-state index contributed by atoms with van der Waals surface area (Å²) in [4.78, 5) is 41.3. The molecule has 3 amide bonds. The highest BCUT2D eigenvalue weighted by atomic mass is 16.8. The minimum Gasteiger partial charge on any atom is -0.394 e. The lowest BCUT2D eigenvalue weighted by atomic mass is 9.93. The fraction of sp³-hybridized carbons (Fsp3) is 0.950. The number of rotatable bonds is 64. The van der Waals surface area contributed by atoms with Crippen molar-refractivity contribution in [1.82, 2.24) is 16.0 Å². The van der Waals surface area contributed by atoms with Crippen molar-refractivity contribution in [2.45, 2.75) is 555 Å². The zero-order chi connectivity index (χ0) is 108. The summed E-state index contributed by atoms with van der Waals surface area (Å²) >= 11 is 0. The van der Waals surface area contributed by atoms with E-state index in [0.29, 0.717) is 12.8 Å². The third kappa shape index (κ3) is 36.5. The summed E-state index contributed by atoms with van der Waals surface area (Å²) in [6.45, 7) is 2.74. The average molecular weight is 2140 g/mol. The summed E-state index contributed by atoms with van der Waals surface area (Å²) in [6, 6.07) is -5.22. The lowest BCUT2D eigenvalue weighted by Gasteiger charge is -2.53. The molecule has 0 aromatic heterocycles. The summed E-state index contributed by atoms with van der Waals surface area (Å²) in [6.07, 6.45) is -46.6. The minimum absolute atomic E-state index is 0.133. The lowest BCUT2D eigenvalue weighted by molar-refractivity contribution is -0.404. The van der Waals surface area contributed by atoms with Crippen LogP contribution in [0.3, 0.4) is 0 Å². The Balaban J connectivity index is 0.912. The maximum Gasteiger partial charge on any atom is 0.220 e. The second-order valence-electron chi connectivity index (χ2n) is 41.2. The van der Waals surface area contributed by atoms with Crippen molar-refractivity contribution in [3.05, 3.63) is 12.2 Å². The van der Waals surface area contributed by atoms with Crippen LogP contribution in [0.25, 0.3) is 0 Å². The number of carbonyl (C=O) groups excluding carboxylic acids is 3. The summed E-state index contributed by atoms with van der Waals surface area (Å²) in [7, 11) is 0. The van der Waals surface area contributed by atoms with E-state index < -0.39 is 346 Å². The van der Waals surface area contributed by atoms with Gasteiger partial charge in [-0.25, -0.2) is 0 Å². The lowest BCUT2D eigenvalue weighted by Crippen LogP contribution is -2.72. The van der Waals surface area contributed by atoms with Gasteiger partial charge in [-0.3, -0.25) is 14.4 Å². The predicted molar refractivity (Wildman–Crippen MR) is 515 cm³/mol. The van der Waals surface area contributed by atoms with Gasteiger partial charge in [0.1, 0.15) is 201 Å². The van der Waals surface area contributed by atoms with Crippen LogP contribution in [0.2, 0.25) is 0 Å². The molecule has 0 aromatic rings. The first-order valence-electron chi connectivity index (χ1n) is 54.1. The molecule has 0 aliphatic carbocycles. The van der Waals surface area contributed by atoms with Gasteiger partial charge in [0.15, 0.2) is 56.6 Å². The van der Waals surface area contributed by atoms with Crippen molar-refractivity contribution in [2.75, 3.05) is 46.2 Å².